The summed E-state index contributed by atoms with van der Waals surface area (Å²) in [5, 5.41) is 11.6. The molecule has 126 valence electrons. The lowest BCUT2D eigenvalue weighted by atomic mass is 9.79. The predicted molar refractivity (Wildman–Crippen MR) is 91.0 cm³/mol. The fourth-order valence-electron chi connectivity index (χ4n) is 4.06. The van der Waals surface area contributed by atoms with E-state index in [-0.39, 0.29) is 11.8 Å². The highest BCUT2D eigenvalue weighted by atomic mass is 16.3. The first-order chi connectivity index (χ1) is 11.1. The van der Waals surface area contributed by atoms with E-state index in [4.69, 9.17) is 0 Å². The van der Waals surface area contributed by atoms with E-state index in [1.54, 1.807) is 0 Å². The van der Waals surface area contributed by atoms with Gasteiger partial charge in [-0.25, -0.2) is 0 Å². The molecule has 1 saturated heterocycles. The van der Waals surface area contributed by atoms with Crippen LogP contribution in [0.5, 0.6) is 0 Å². The van der Waals surface area contributed by atoms with E-state index in [2.05, 4.69) is 11.9 Å². The van der Waals surface area contributed by atoms with Crippen LogP contribution in [0.25, 0.3) is 0 Å². The summed E-state index contributed by atoms with van der Waals surface area (Å²) in [7, 11) is 2.09. The molecular weight excluding hydrogens is 288 g/mol. The van der Waals surface area contributed by atoms with Crippen molar-refractivity contribution in [2.45, 2.75) is 37.7 Å². The molecule has 4 heteroatoms. The van der Waals surface area contributed by atoms with E-state index in [0.717, 1.165) is 57.3 Å². The summed E-state index contributed by atoms with van der Waals surface area (Å²) < 4.78 is 0. The molecule has 0 bridgehead atoms. The highest BCUT2D eigenvalue weighted by Crippen LogP contribution is 2.41. The van der Waals surface area contributed by atoms with Gasteiger partial charge in [0.05, 0.1) is 0 Å². The van der Waals surface area contributed by atoms with Crippen molar-refractivity contribution < 1.29 is 9.90 Å². The first kappa shape index (κ1) is 16.5. The molecule has 1 amide bonds. The van der Waals surface area contributed by atoms with Crippen LogP contribution in [-0.2, 0) is 10.4 Å². The zero-order valence-corrected chi connectivity index (χ0v) is 14.1. The van der Waals surface area contributed by atoms with Crippen LogP contribution in [0.3, 0.4) is 0 Å². The molecule has 1 atom stereocenters. The van der Waals surface area contributed by atoms with Gasteiger partial charge in [0.25, 0.3) is 5.91 Å². The van der Waals surface area contributed by atoms with Gasteiger partial charge in [-0.3, -0.25) is 4.79 Å². The molecule has 0 spiro atoms. The Balaban J connectivity index is 1.90. The van der Waals surface area contributed by atoms with E-state index in [1.807, 2.05) is 35.2 Å². The number of carbonyl (C=O) groups is 1. The molecule has 0 radical (unpaired) electrons. The number of likely N-dealkylation sites (N-methyl/N-ethyl adjacent to an activating group) is 1. The SMILES string of the molecule is CN1CCCN(C(=O)C(O)(c2ccccc2)C2CCCC2)CC1. The van der Waals surface area contributed by atoms with Crippen molar-refractivity contribution >= 4 is 5.91 Å². The fourth-order valence-corrected chi connectivity index (χ4v) is 4.06. The van der Waals surface area contributed by atoms with Crippen molar-refractivity contribution in [3.05, 3.63) is 35.9 Å². The highest BCUT2D eigenvalue weighted by molar-refractivity contribution is 5.87. The summed E-state index contributed by atoms with van der Waals surface area (Å²) in [5.41, 5.74) is -0.602. The molecule has 1 aliphatic heterocycles. The number of hydrogen-bond donors (Lipinski definition) is 1. The van der Waals surface area contributed by atoms with Crippen LogP contribution in [0.15, 0.2) is 30.3 Å². The van der Waals surface area contributed by atoms with Crippen molar-refractivity contribution in [2.75, 3.05) is 33.2 Å². The summed E-state index contributed by atoms with van der Waals surface area (Å²) in [6.45, 7) is 3.33. The van der Waals surface area contributed by atoms with Crippen molar-refractivity contribution in [2.24, 2.45) is 5.92 Å². The molecule has 2 fully saturated rings. The van der Waals surface area contributed by atoms with E-state index >= 15 is 0 Å². The quantitative estimate of drug-likeness (QED) is 0.930. The molecule has 1 unspecified atom stereocenters. The third kappa shape index (κ3) is 3.29. The minimum Gasteiger partial charge on any atom is -0.375 e. The van der Waals surface area contributed by atoms with Crippen LogP contribution in [0.4, 0.5) is 0 Å². The Morgan fingerprint density at radius 2 is 1.74 bits per heavy atom. The Morgan fingerprint density at radius 1 is 1.04 bits per heavy atom. The molecule has 1 heterocycles. The van der Waals surface area contributed by atoms with Gasteiger partial charge >= 0.3 is 0 Å². The average Bonchev–Trinajstić information content (AvgIpc) is 3.04. The van der Waals surface area contributed by atoms with Gasteiger partial charge in [0.15, 0.2) is 5.60 Å². The van der Waals surface area contributed by atoms with Crippen LogP contribution in [-0.4, -0.2) is 54.0 Å². The summed E-state index contributed by atoms with van der Waals surface area (Å²) in [6.07, 6.45) is 5.05. The van der Waals surface area contributed by atoms with Gasteiger partial charge in [-0.1, -0.05) is 43.2 Å². The average molecular weight is 316 g/mol. The number of amides is 1. The fraction of sp³-hybridized carbons (Fsp3) is 0.632. The lowest BCUT2D eigenvalue weighted by Crippen LogP contribution is -2.51. The van der Waals surface area contributed by atoms with Crippen molar-refractivity contribution in [3.8, 4) is 0 Å². The van der Waals surface area contributed by atoms with Gasteiger partial charge in [-0.05, 0) is 38.4 Å². The second-order valence-corrected chi connectivity index (χ2v) is 7.06. The molecule has 2 aliphatic rings. The number of benzene rings is 1. The molecule has 1 aliphatic carbocycles. The third-order valence-electron chi connectivity index (χ3n) is 5.49. The molecule has 0 aromatic heterocycles. The molecule has 1 aromatic carbocycles. The lowest BCUT2D eigenvalue weighted by molar-refractivity contribution is -0.159. The van der Waals surface area contributed by atoms with Crippen molar-refractivity contribution in [1.29, 1.82) is 0 Å². The van der Waals surface area contributed by atoms with Crippen LogP contribution >= 0.6 is 0 Å². The van der Waals surface area contributed by atoms with Crippen LogP contribution < -0.4 is 0 Å². The first-order valence-corrected chi connectivity index (χ1v) is 8.88. The maximum atomic E-state index is 13.3. The second kappa shape index (κ2) is 7.02. The zero-order valence-electron chi connectivity index (χ0n) is 14.1. The molecule has 1 saturated carbocycles. The maximum absolute atomic E-state index is 13.3. The molecular formula is C19H28N2O2. The number of rotatable bonds is 3. The number of nitrogens with zero attached hydrogens (tertiary/aromatic N) is 2. The summed E-state index contributed by atoms with van der Waals surface area (Å²) in [4.78, 5) is 17.5. The van der Waals surface area contributed by atoms with Gasteiger partial charge in [-0.2, -0.15) is 0 Å². The lowest BCUT2D eigenvalue weighted by Gasteiger charge is -2.37. The van der Waals surface area contributed by atoms with Gasteiger partial charge in [0, 0.05) is 25.6 Å². The standard InChI is InChI=1S/C19H28N2O2/c1-20-12-7-13-21(15-14-20)18(22)19(23,17-10-5-6-11-17)16-8-3-2-4-9-16/h2-4,8-9,17,23H,5-7,10-15H2,1H3. The van der Waals surface area contributed by atoms with Crippen molar-refractivity contribution in [1.82, 2.24) is 9.80 Å². The van der Waals surface area contributed by atoms with Crippen LogP contribution in [0.2, 0.25) is 0 Å². The second-order valence-electron chi connectivity index (χ2n) is 7.06. The van der Waals surface area contributed by atoms with Gasteiger partial charge in [0.2, 0.25) is 0 Å². The van der Waals surface area contributed by atoms with Gasteiger partial charge in [0.1, 0.15) is 0 Å². The third-order valence-corrected chi connectivity index (χ3v) is 5.49. The topological polar surface area (TPSA) is 43.8 Å². The minimum atomic E-state index is -1.36. The zero-order chi connectivity index (χ0) is 16.3. The normalized spacial score (nSPS) is 23.5. The summed E-state index contributed by atoms with van der Waals surface area (Å²) in [5.74, 6) is -0.0516. The minimum absolute atomic E-state index is 0.0402. The number of aliphatic hydroxyl groups is 1. The summed E-state index contributed by atoms with van der Waals surface area (Å²) >= 11 is 0. The Morgan fingerprint density at radius 3 is 2.43 bits per heavy atom. The van der Waals surface area contributed by atoms with E-state index < -0.39 is 5.60 Å². The first-order valence-electron chi connectivity index (χ1n) is 8.88. The predicted octanol–water partition coefficient (Wildman–Crippen LogP) is 2.23. The van der Waals surface area contributed by atoms with Crippen molar-refractivity contribution in [3.63, 3.8) is 0 Å². The summed E-state index contributed by atoms with van der Waals surface area (Å²) in [6, 6.07) is 9.57. The largest absolute Gasteiger partial charge is 0.375 e. The number of carbonyl (C=O) groups excluding carboxylic acids is 1. The Kier molecular flexibility index (Phi) is 5.02. The van der Waals surface area contributed by atoms with Gasteiger partial charge < -0.3 is 14.9 Å². The Labute approximate surface area is 139 Å². The molecule has 3 rings (SSSR count). The van der Waals surface area contributed by atoms with E-state index in [9.17, 15) is 9.90 Å². The molecule has 23 heavy (non-hydrogen) atoms. The van der Waals surface area contributed by atoms with Crippen LogP contribution in [0.1, 0.15) is 37.7 Å². The molecule has 1 aromatic rings. The Bertz CT molecular complexity index is 527. The highest BCUT2D eigenvalue weighted by Gasteiger charge is 2.48. The monoisotopic (exact) mass is 316 g/mol. The molecule has 1 N–H and O–H groups in total. The smallest absolute Gasteiger partial charge is 0.259 e. The van der Waals surface area contributed by atoms with Crippen LogP contribution in [0, 0.1) is 5.92 Å². The molecule has 4 nitrogen and oxygen atoms in total. The Hall–Kier alpha value is -1.39. The van der Waals surface area contributed by atoms with E-state index in [1.165, 1.54) is 0 Å². The van der Waals surface area contributed by atoms with E-state index in [0.29, 0.717) is 6.54 Å². The van der Waals surface area contributed by atoms with Gasteiger partial charge in [-0.15, -0.1) is 0 Å². The number of hydrogen-bond acceptors (Lipinski definition) is 3. The maximum Gasteiger partial charge on any atom is 0.259 e.